The van der Waals surface area contributed by atoms with Crippen molar-refractivity contribution in [1.29, 1.82) is 5.26 Å². The topological polar surface area (TPSA) is 47.3 Å². The second-order valence-corrected chi connectivity index (χ2v) is 5.26. The minimum atomic E-state index is -0.328. The van der Waals surface area contributed by atoms with E-state index in [1.165, 1.54) is 24.3 Å². The van der Waals surface area contributed by atoms with Gasteiger partial charge in [0.05, 0.1) is 6.07 Å². The molecule has 5 heteroatoms. The average Bonchev–Trinajstić information content (AvgIpc) is 2.73. The summed E-state index contributed by atoms with van der Waals surface area (Å²) in [6.07, 6.45) is 2.39. The van der Waals surface area contributed by atoms with Gasteiger partial charge in [0.15, 0.2) is 0 Å². The molecule has 1 aliphatic rings. The van der Waals surface area contributed by atoms with Gasteiger partial charge in [0, 0.05) is 31.6 Å². The van der Waals surface area contributed by atoms with Crippen LogP contribution in [0.3, 0.4) is 0 Å². The van der Waals surface area contributed by atoms with Crippen molar-refractivity contribution < 1.29 is 9.18 Å². The molecular formula is C16H20FN3O. The van der Waals surface area contributed by atoms with Crippen LogP contribution >= 0.6 is 0 Å². The smallest absolute Gasteiger partial charge is 0.253 e. The maximum absolute atomic E-state index is 12.9. The molecule has 0 spiro atoms. The molecule has 1 aromatic rings. The summed E-state index contributed by atoms with van der Waals surface area (Å²) < 4.78 is 12.9. The number of carbonyl (C=O) groups is 1. The molecule has 21 heavy (non-hydrogen) atoms. The number of hydrogen-bond donors (Lipinski definition) is 0. The maximum atomic E-state index is 12.9. The maximum Gasteiger partial charge on any atom is 0.253 e. The molecule has 0 N–H and O–H groups in total. The summed E-state index contributed by atoms with van der Waals surface area (Å²) >= 11 is 0. The summed E-state index contributed by atoms with van der Waals surface area (Å²) in [7, 11) is 0. The van der Waals surface area contributed by atoms with Gasteiger partial charge in [-0.1, -0.05) is 0 Å². The van der Waals surface area contributed by atoms with Gasteiger partial charge < -0.3 is 9.80 Å². The van der Waals surface area contributed by atoms with Crippen LogP contribution in [0.25, 0.3) is 0 Å². The second kappa shape index (κ2) is 7.75. The first-order chi connectivity index (χ1) is 10.2. The molecule has 0 aliphatic carbocycles. The highest BCUT2D eigenvalue weighted by Crippen LogP contribution is 2.10. The van der Waals surface area contributed by atoms with Crippen LogP contribution in [0.2, 0.25) is 0 Å². The number of amides is 1. The third kappa shape index (κ3) is 4.54. The Morgan fingerprint density at radius 3 is 2.67 bits per heavy atom. The zero-order valence-corrected chi connectivity index (χ0v) is 12.1. The number of carbonyl (C=O) groups excluding carboxylic acids is 1. The van der Waals surface area contributed by atoms with E-state index in [9.17, 15) is 9.18 Å². The van der Waals surface area contributed by atoms with Gasteiger partial charge in [-0.25, -0.2) is 4.39 Å². The van der Waals surface area contributed by atoms with E-state index in [2.05, 4.69) is 11.0 Å². The lowest BCUT2D eigenvalue weighted by atomic mass is 10.2. The van der Waals surface area contributed by atoms with Gasteiger partial charge in [-0.05, 0) is 50.2 Å². The summed E-state index contributed by atoms with van der Waals surface area (Å²) in [4.78, 5) is 16.5. The van der Waals surface area contributed by atoms with E-state index in [0.29, 0.717) is 18.5 Å². The van der Waals surface area contributed by atoms with Crippen molar-refractivity contribution in [1.82, 2.24) is 9.80 Å². The van der Waals surface area contributed by atoms with Crippen LogP contribution < -0.4 is 0 Å². The first kappa shape index (κ1) is 15.5. The number of benzene rings is 1. The Labute approximate surface area is 124 Å². The molecule has 0 aromatic heterocycles. The molecule has 4 nitrogen and oxygen atoms in total. The number of halogens is 1. The fourth-order valence-corrected chi connectivity index (χ4v) is 2.55. The molecule has 1 heterocycles. The third-order valence-electron chi connectivity index (χ3n) is 3.73. The van der Waals surface area contributed by atoms with E-state index in [1.807, 2.05) is 4.90 Å². The SMILES string of the molecule is N#CCCCN1CCCN(C(=O)c2ccc(F)cc2)CC1. The van der Waals surface area contributed by atoms with Gasteiger partial charge in [0.25, 0.3) is 5.91 Å². The van der Waals surface area contributed by atoms with Gasteiger partial charge in [-0.3, -0.25) is 4.79 Å². The lowest BCUT2D eigenvalue weighted by molar-refractivity contribution is 0.0761. The number of unbranched alkanes of at least 4 members (excludes halogenated alkanes) is 1. The largest absolute Gasteiger partial charge is 0.337 e. The summed E-state index contributed by atoms with van der Waals surface area (Å²) in [6, 6.07) is 7.86. The van der Waals surface area contributed by atoms with Gasteiger partial charge in [0.1, 0.15) is 5.82 Å². The van der Waals surface area contributed by atoms with E-state index >= 15 is 0 Å². The van der Waals surface area contributed by atoms with Gasteiger partial charge in [0.2, 0.25) is 0 Å². The quantitative estimate of drug-likeness (QED) is 0.799. The summed E-state index contributed by atoms with van der Waals surface area (Å²) in [6.45, 7) is 4.11. The fourth-order valence-electron chi connectivity index (χ4n) is 2.55. The number of rotatable bonds is 4. The van der Waals surface area contributed by atoms with Crippen LogP contribution in [-0.2, 0) is 0 Å². The lowest BCUT2D eigenvalue weighted by Crippen LogP contribution is -2.35. The van der Waals surface area contributed by atoms with Crippen LogP contribution in [0.15, 0.2) is 24.3 Å². The highest BCUT2D eigenvalue weighted by Gasteiger charge is 2.19. The van der Waals surface area contributed by atoms with E-state index in [1.54, 1.807) is 0 Å². The third-order valence-corrected chi connectivity index (χ3v) is 3.73. The van der Waals surface area contributed by atoms with Crippen LogP contribution in [0.5, 0.6) is 0 Å². The van der Waals surface area contributed by atoms with Crippen LogP contribution in [0, 0.1) is 17.1 Å². The van der Waals surface area contributed by atoms with Crippen LogP contribution in [0.4, 0.5) is 4.39 Å². The molecule has 1 saturated heterocycles. The minimum absolute atomic E-state index is 0.0334. The van der Waals surface area contributed by atoms with E-state index in [0.717, 1.165) is 39.0 Å². The Hall–Kier alpha value is -1.93. The normalized spacial score (nSPS) is 16.3. The van der Waals surface area contributed by atoms with Gasteiger partial charge in [-0.15, -0.1) is 0 Å². The standard InChI is InChI=1S/C16H20FN3O/c17-15-6-4-14(5-7-15)16(21)20-11-3-10-19(12-13-20)9-2-1-8-18/h4-7H,1-3,9-13H2. The van der Waals surface area contributed by atoms with E-state index < -0.39 is 0 Å². The molecule has 0 radical (unpaired) electrons. The molecule has 1 amide bonds. The van der Waals surface area contributed by atoms with Gasteiger partial charge in [-0.2, -0.15) is 5.26 Å². The first-order valence-electron chi connectivity index (χ1n) is 7.35. The molecule has 2 rings (SSSR count). The second-order valence-electron chi connectivity index (χ2n) is 5.26. The Kier molecular flexibility index (Phi) is 5.70. The highest BCUT2D eigenvalue weighted by molar-refractivity contribution is 5.94. The Balaban J connectivity index is 1.89. The highest BCUT2D eigenvalue weighted by atomic mass is 19.1. The zero-order valence-electron chi connectivity index (χ0n) is 12.1. The number of hydrogen-bond acceptors (Lipinski definition) is 3. The van der Waals surface area contributed by atoms with E-state index in [4.69, 9.17) is 5.26 Å². The Bertz CT molecular complexity index is 509. The van der Waals surface area contributed by atoms with Crippen molar-refractivity contribution in [3.8, 4) is 6.07 Å². The van der Waals surface area contributed by atoms with Crippen molar-refractivity contribution in [3.63, 3.8) is 0 Å². The lowest BCUT2D eigenvalue weighted by Gasteiger charge is -2.21. The summed E-state index contributed by atoms with van der Waals surface area (Å²) in [5.41, 5.74) is 0.536. The Morgan fingerprint density at radius 1 is 1.19 bits per heavy atom. The molecule has 0 bridgehead atoms. The molecule has 0 unspecified atom stereocenters. The molecular weight excluding hydrogens is 269 g/mol. The number of nitriles is 1. The first-order valence-corrected chi connectivity index (χ1v) is 7.35. The summed E-state index contributed by atoms with van der Waals surface area (Å²) in [5, 5.41) is 8.56. The predicted octanol–water partition coefficient (Wildman–Crippen LogP) is 2.28. The van der Waals surface area contributed by atoms with Crippen molar-refractivity contribution in [2.75, 3.05) is 32.7 Å². The predicted molar refractivity (Wildman–Crippen MR) is 78.2 cm³/mol. The summed E-state index contributed by atoms with van der Waals surface area (Å²) in [5.74, 6) is -0.361. The van der Waals surface area contributed by atoms with E-state index in [-0.39, 0.29) is 11.7 Å². The van der Waals surface area contributed by atoms with Crippen molar-refractivity contribution in [3.05, 3.63) is 35.6 Å². The fraction of sp³-hybridized carbons (Fsp3) is 0.500. The molecule has 112 valence electrons. The monoisotopic (exact) mass is 289 g/mol. The molecule has 0 atom stereocenters. The average molecular weight is 289 g/mol. The molecule has 1 fully saturated rings. The van der Waals surface area contributed by atoms with Crippen molar-refractivity contribution >= 4 is 5.91 Å². The van der Waals surface area contributed by atoms with Crippen LogP contribution in [-0.4, -0.2) is 48.4 Å². The molecule has 1 aliphatic heterocycles. The minimum Gasteiger partial charge on any atom is -0.337 e. The van der Waals surface area contributed by atoms with Crippen molar-refractivity contribution in [2.24, 2.45) is 0 Å². The van der Waals surface area contributed by atoms with Crippen LogP contribution in [0.1, 0.15) is 29.6 Å². The van der Waals surface area contributed by atoms with Gasteiger partial charge >= 0.3 is 0 Å². The Morgan fingerprint density at radius 2 is 1.95 bits per heavy atom. The molecule has 0 saturated carbocycles. The van der Waals surface area contributed by atoms with Crippen molar-refractivity contribution in [2.45, 2.75) is 19.3 Å². The molecule has 1 aromatic carbocycles. The zero-order chi connectivity index (χ0) is 15.1. The number of nitrogens with zero attached hydrogens (tertiary/aromatic N) is 3.